The van der Waals surface area contributed by atoms with Gasteiger partial charge in [-0.15, -0.1) is 11.8 Å². The highest BCUT2D eigenvalue weighted by atomic mass is 35.5. The van der Waals surface area contributed by atoms with Gasteiger partial charge >= 0.3 is 12.1 Å². The zero-order valence-corrected chi connectivity index (χ0v) is 18.0. The van der Waals surface area contributed by atoms with Crippen LogP contribution in [0.15, 0.2) is 41.4 Å². The van der Waals surface area contributed by atoms with Crippen molar-refractivity contribution in [3.8, 4) is 0 Å². The van der Waals surface area contributed by atoms with Gasteiger partial charge in [-0.3, -0.25) is 0 Å². The first-order valence-electron chi connectivity index (χ1n) is 8.99. The van der Waals surface area contributed by atoms with Crippen LogP contribution in [0.4, 0.5) is 13.2 Å². The second-order valence-electron chi connectivity index (χ2n) is 7.52. The van der Waals surface area contributed by atoms with Crippen molar-refractivity contribution < 1.29 is 22.7 Å². The number of alkyl halides is 3. The highest BCUT2D eigenvalue weighted by molar-refractivity contribution is 7.99. The Kier molecular flexibility index (Phi) is 6.33. The number of benzene rings is 1. The summed E-state index contributed by atoms with van der Waals surface area (Å²) in [7, 11) is 0. The molecule has 2 aromatic heterocycles. The fourth-order valence-electron chi connectivity index (χ4n) is 2.51. The average molecular weight is 458 g/mol. The van der Waals surface area contributed by atoms with Gasteiger partial charge in [0.2, 0.25) is 0 Å². The van der Waals surface area contributed by atoms with Gasteiger partial charge < -0.3 is 4.74 Å². The Bertz CT molecular complexity index is 1060. The summed E-state index contributed by atoms with van der Waals surface area (Å²) in [6.07, 6.45) is -4.58. The van der Waals surface area contributed by atoms with Crippen molar-refractivity contribution in [2.75, 3.05) is 12.4 Å². The highest BCUT2D eigenvalue weighted by Gasteiger charge is 2.34. The standard InChI is InChI=1S/C20H19ClF3N3O2S/c1-19(2,3)14-10-16-25-15(20(22,23)24)11-17(27(16)26-14)30-9-8-29-18(28)12-4-6-13(21)7-5-12/h4-7,10-11H,8-9H2,1-3H3. The van der Waals surface area contributed by atoms with Gasteiger partial charge in [0, 0.05) is 28.3 Å². The summed E-state index contributed by atoms with van der Waals surface area (Å²) in [5.41, 5.74) is -0.240. The van der Waals surface area contributed by atoms with Gasteiger partial charge in [-0.25, -0.2) is 14.3 Å². The first-order valence-corrected chi connectivity index (χ1v) is 10.4. The van der Waals surface area contributed by atoms with Crippen LogP contribution in [0, 0.1) is 0 Å². The Hall–Kier alpha value is -2.26. The third kappa shape index (κ3) is 5.26. The number of ether oxygens (including phenoxy) is 1. The lowest BCUT2D eigenvalue weighted by atomic mass is 9.93. The molecule has 160 valence electrons. The first kappa shape index (κ1) is 22.4. The van der Waals surface area contributed by atoms with E-state index < -0.39 is 17.8 Å². The van der Waals surface area contributed by atoms with Crippen LogP contribution in [0.5, 0.6) is 0 Å². The normalized spacial score (nSPS) is 12.4. The number of aromatic nitrogens is 3. The molecule has 3 aromatic rings. The molecule has 0 saturated carbocycles. The molecule has 2 heterocycles. The maximum Gasteiger partial charge on any atom is 0.433 e. The summed E-state index contributed by atoms with van der Waals surface area (Å²) in [5.74, 6) is -0.280. The zero-order valence-electron chi connectivity index (χ0n) is 16.5. The van der Waals surface area contributed by atoms with E-state index in [1.807, 2.05) is 20.8 Å². The van der Waals surface area contributed by atoms with Crippen molar-refractivity contribution in [2.45, 2.75) is 37.4 Å². The van der Waals surface area contributed by atoms with Crippen molar-refractivity contribution in [3.63, 3.8) is 0 Å². The Morgan fingerprint density at radius 1 is 1.13 bits per heavy atom. The van der Waals surface area contributed by atoms with Gasteiger partial charge in [0.15, 0.2) is 5.65 Å². The maximum absolute atomic E-state index is 13.3. The van der Waals surface area contributed by atoms with Crippen molar-refractivity contribution in [3.05, 3.63) is 58.4 Å². The molecule has 0 spiro atoms. The molecule has 0 bridgehead atoms. The second kappa shape index (κ2) is 8.47. The third-order valence-electron chi connectivity index (χ3n) is 4.10. The summed E-state index contributed by atoms with van der Waals surface area (Å²) in [6.45, 7) is 5.78. The molecule has 0 saturated heterocycles. The molecule has 30 heavy (non-hydrogen) atoms. The number of hydrogen-bond donors (Lipinski definition) is 0. The van der Waals surface area contributed by atoms with Crippen LogP contribution in [-0.2, 0) is 16.3 Å². The van der Waals surface area contributed by atoms with Crippen LogP contribution in [-0.4, -0.2) is 32.9 Å². The number of esters is 1. The SMILES string of the molecule is CC(C)(C)c1cc2nc(C(F)(F)F)cc(SCCOC(=O)c3ccc(Cl)cc3)n2n1. The lowest BCUT2D eigenvalue weighted by Crippen LogP contribution is -2.13. The van der Waals surface area contributed by atoms with Crippen molar-refractivity contribution in [2.24, 2.45) is 0 Å². The van der Waals surface area contributed by atoms with Gasteiger partial charge in [0.05, 0.1) is 11.3 Å². The van der Waals surface area contributed by atoms with Gasteiger partial charge in [-0.1, -0.05) is 32.4 Å². The van der Waals surface area contributed by atoms with E-state index in [4.69, 9.17) is 16.3 Å². The molecule has 0 fully saturated rings. The summed E-state index contributed by atoms with van der Waals surface area (Å²) in [4.78, 5) is 15.7. The number of halogens is 4. The van der Waals surface area contributed by atoms with E-state index in [9.17, 15) is 18.0 Å². The number of hydrogen-bond acceptors (Lipinski definition) is 5. The van der Waals surface area contributed by atoms with E-state index in [1.54, 1.807) is 18.2 Å². The Balaban J connectivity index is 1.76. The van der Waals surface area contributed by atoms with Crippen LogP contribution >= 0.6 is 23.4 Å². The minimum atomic E-state index is -4.58. The van der Waals surface area contributed by atoms with E-state index >= 15 is 0 Å². The Labute approximate surface area is 180 Å². The molecule has 3 rings (SSSR count). The van der Waals surface area contributed by atoms with E-state index in [0.717, 1.165) is 17.8 Å². The number of rotatable bonds is 5. The molecule has 5 nitrogen and oxygen atoms in total. The van der Waals surface area contributed by atoms with E-state index in [0.29, 0.717) is 16.3 Å². The Morgan fingerprint density at radius 2 is 1.80 bits per heavy atom. The van der Waals surface area contributed by atoms with Crippen LogP contribution in [0.3, 0.4) is 0 Å². The summed E-state index contributed by atoms with van der Waals surface area (Å²) in [6, 6.07) is 8.74. The fraction of sp³-hybridized carbons (Fsp3) is 0.350. The predicted molar refractivity (Wildman–Crippen MR) is 109 cm³/mol. The van der Waals surface area contributed by atoms with E-state index in [2.05, 4.69) is 10.1 Å². The van der Waals surface area contributed by atoms with E-state index in [1.165, 1.54) is 16.6 Å². The molecule has 0 aliphatic rings. The molecule has 0 N–H and O–H groups in total. The lowest BCUT2D eigenvalue weighted by Gasteiger charge is -2.13. The average Bonchev–Trinajstić information content (AvgIpc) is 3.09. The number of carbonyl (C=O) groups excluding carboxylic acids is 1. The van der Waals surface area contributed by atoms with E-state index in [-0.39, 0.29) is 28.4 Å². The number of thioether (sulfide) groups is 1. The summed E-state index contributed by atoms with van der Waals surface area (Å²) >= 11 is 6.89. The van der Waals surface area contributed by atoms with Crippen molar-refractivity contribution >= 4 is 35.0 Å². The molecule has 1 aromatic carbocycles. The molecule has 0 aliphatic heterocycles. The third-order valence-corrected chi connectivity index (χ3v) is 5.31. The molecule has 0 radical (unpaired) electrons. The molecular formula is C20H19ClF3N3O2S. The maximum atomic E-state index is 13.3. The van der Waals surface area contributed by atoms with Crippen molar-refractivity contribution in [1.82, 2.24) is 14.6 Å². The molecule has 0 amide bonds. The van der Waals surface area contributed by atoms with Gasteiger partial charge in [0.25, 0.3) is 0 Å². The van der Waals surface area contributed by atoms with Crippen LogP contribution in [0.2, 0.25) is 5.02 Å². The predicted octanol–water partition coefficient (Wildman–Crippen LogP) is 5.65. The first-order chi connectivity index (χ1) is 13.9. The second-order valence-corrected chi connectivity index (χ2v) is 9.07. The van der Waals surface area contributed by atoms with Gasteiger partial charge in [-0.2, -0.15) is 18.3 Å². The summed E-state index contributed by atoms with van der Waals surface area (Å²) < 4.78 is 46.4. The number of nitrogens with zero attached hydrogens (tertiary/aromatic N) is 3. The quantitative estimate of drug-likeness (QED) is 0.214. The molecule has 0 unspecified atom stereocenters. The van der Waals surface area contributed by atoms with Crippen LogP contribution in [0.1, 0.15) is 42.5 Å². The number of fused-ring (bicyclic) bond motifs is 1. The molecular weight excluding hydrogens is 439 g/mol. The largest absolute Gasteiger partial charge is 0.461 e. The monoisotopic (exact) mass is 457 g/mol. The van der Waals surface area contributed by atoms with Crippen LogP contribution < -0.4 is 0 Å². The topological polar surface area (TPSA) is 56.5 Å². The Morgan fingerprint density at radius 3 is 2.40 bits per heavy atom. The highest BCUT2D eigenvalue weighted by Crippen LogP contribution is 2.32. The minimum Gasteiger partial charge on any atom is -0.461 e. The van der Waals surface area contributed by atoms with Gasteiger partial charge in [-0.05, 0) is 24.3 Å². The molecule has 10 heteroatoms. The fourth-order valence-corrected chi connectivity index (χ4v) is 3.46. The smallest absolute Gasteiger partial charge is 0.433 e. The van der Waals surface area contributed by atoms with Gasteiger partial charge in [0.1, 0.15) is 17.3 Å². The van der Waals surface area contributed by atoms with Crippen LogP contribution in [0.25, 0.3) is 5.65 Å². The summed E-state index contributed by atoms with van der Waals surface area (Å²) in [5, 5.41) is 5.19. The number of carbonyl (C=O) groups is 1. The molecule has 0 aliphatic carbocycles. The minimum absolute atomic E-state index is 0.0185. The lowest BCUT2D eigenvalue weighted by molar-refractivity contribution is -0.141. The zero-order chi connectivity index (χ0) is 22.1. The molecule has 0 atom stereocenters. The van der Waals surface area contributed by atoms with Crippen molar-refractivity contribution in [1.29, 1.82) is 0 Å².